The second-order valence-corrected chi connectivity index (χ2v) is 9.10. The summed E-state index contributed by atoms with van der Waals surface area (Å²) in [6.45, 7) is 1.48. The van der Waals surface area contributed by atoms with Crippen molar-refractivity contribution in [1.82, 2.24) is 15.2 Å². The summed E-state index contributed by atoms with van der Waals surface area (Å²) in [6.07, 6.45) is 3.85. The van der Waals surface area contributed by atoms with Crippen LogP contribution in [0.4, 0.5) is 11.5 Å². The first-order chi connectivity index (χ1) is 17.0. The fourth-order valence-electron chi connectivity index (χ4n) is 3.78. The van der Waals surface area contributed by atoms with Crippen LogP contribution in [0.5, 0.6) is 5.88 Å². The first-order valence-electron chi connectivity index (χ1n) is 10.8. The van der Waals surface area contributed by atoms with Crippen molar-refractivity contribution in [2.24, 2.45) is 4.99 Å². The Balaban J connectivity index is 1.35. The Labute approximate surface area is 204 Å². The average Bonchev–Trinajstić information content (AvgIpc) is 3.58. The van der Waals surface area contributed by atoms with Crippen molar-refractivity contribution in [2.75, 3.05) is 5.32 Å². The van der Waals surface area contributed by atoms with E-state index in [-0.39, 0.29) is 17.6 Å². The summed E-state index contributed by atoms with van der Waals surface area (Å²) in [5.41, 5.74) is 4.14. The molecule has 9 heteroatoms. The Morgan fingerprint density at radius 3 is 2.69 bits per heavy atom. The number of rotatable bonds is 7. The predicted octanol–water partition coefficient (Wildman–Crippen LogP) is 5.45. The molecule has 3 aromatic heterocycles. The fraction of sp³-hybridized carbons (Fsp3) is 0.0769. The molecule has 0 fully saturated rings. The molecular formula is C26H21N5O3S. The highest BCUT2D eigenvalue weighted by Gasteiger charge is 2.13. The number of aromatic nitrogens is 3. The Kier molecular flexibility index (Phi) is 5.99. The molecule has 35 heavy (non-hydrogen) atoms. The Hall–Kier alpha value is -4.50. The number of hydrogen-bond acceptors (Lipinski definition) is 6. The third kappa shape index (κ3) is 4.90. The number of carbonyl (C=O) groups is 2. The molecule has 0 unspecified atom stereocenters. The second kappa shape index (κ2) is 9.40. The summed E-state index contributed by atoms with van der Waals surface area (Å²) < 4.78 is 0. The van der Waals surface area contributed by atoms with Gasteiger partial charge in [0.05, 0.1) is 21.5 Å². The van der Waals surface area contributed by atoms with Crippen LogP contribution < -0.4 is 5.32 Å². The first-order valence-corrected chi connectivity index (χ1v) is 11.7. The molecular weight excluding hydrogens is 462 g/mol. The van der Waals surface area contributed by atoms with Crippen molar-refractivity contribution < 1.29 is 14.7 Å². The van der Waals surface area contributed by atoms with Gasteiger partial charge >= 0.3 is 0 Å². The molecule has 0 bridgehead atoms. The number of amides is 1. The lowest BCUT2D eigenvalue weighted by Crippen LogP contribution is -2.10. The first kappa shape index (κ1) is 22.3. The van der Waals surface area contributed by atoms with Gasteiger partial charge in [-0.2, -0.15) is 5.10 Å². The van der Waals surface area contributed by atoms with Gasteiger partial charge in [-0.15, -0.1) is 11.3 Å². The van der Waals surface area contributed by atoms with E-state index in [4.69, 9.17) is 0 Å². The van der Waals surface area contributed by atoms with Gasteiger partial charge in [0, 0.05) is 28.9 Å². The minimum absolute atomic E-state index is 0.0478. The van der Waals surface area contributed by atoms with E-state index in [1.54, 1.807) is 30.6 Å². The number of aliphatic imine (C=N–C) groups is 1. The van der Waals surface area contributed by atoms with Crippen LogP contribution in [0.1, 0.15) is 43.0 Å². The van der Waals surface area contributed by atoms with E-state index in [0.717, 1.165) is 22.0 Å². The average molecular weight is 484 g/mol. The molecule has 4 N–H and O–H groups in total. The maximum absolute atomic E-state index is 12.6. The van der Waals surface area contributed by atoms with Gasteiger partial charge in [-0.1, -0.05) is 18.2 Å². The van der Waals surface area contributed by atoms with Gasteiger partial charge in [0.15, 0.2) is 11.7 Å². The maximum atomic E-state index is 12.6. The Morgan fingerprint density at radius 1 is 1.09 bits per heavy atom. The molecule has 0 aliphatic heterocycles. The third-order valence-electron chi connectivity index (χ3n) is 5.47. The van der Waals surface area contributed by atoms with Crippen molar-refractivity contribution >= 4 is 51.6 Å². The maximum Gasteiger partial charge on any atom is 0.265 e. The molecule has 8 nitrogen and oxygen atoms in total. The van der Waals surface area contributed by atoms with Crippen LogP contribution in [0.3, 0.4) is 0 Å². The molecule has 1 amide bonds. The molecule has 3 heterocycles. The van der Waals surface area contributed by atoms with E-state index < -0.39 is 0 Å². The lowest BCUT2D eigenvalue weighted by atomic mass is 10.0. The zero-order chi connectivity index (χ0) is 24.4. The molecule has 0 aliphatic carbocycles. The van der Waals surface area contributed by atoms with Crippen molar-refractivity contribution in [1.29, 1.82) is 0 Å². The van der Waals surface area contributed by atoms with Crippen LogP contribution in [0, 0.1) is 0 Å². The van der Waals surface area contributed by atoms with E-state index in [1.165, 1.54) is 18.3 Å². The zero-order valence-electron chi connectivity index (χ0n) is 18.7. The quantitative estimate of drug-likeness (QED) is 0.181. The van der Waals surface area contributed by atoms with E-state index in [9.17, 15) is 14.7 Å². The number of H-pyrrole nitrogens is 2. The van der Waals surface area contributed by atoms with Crippen LogP contribution in [0.2, 0.25) is 0 Å². The molecule has 2 aromatic carbocycles. The molecule has 0 aliphatic rings. The Morgan fingerprint density at radius 2 is 1.91 bits per heavy atom. The van der Waals surface area contributed by atoms with Crippen LogP contribution in [0.25, 0.3) is 10.9 Å². The number of anilines is 1. The molecule has 5 aromatic rings. The molecule has 5 rings (SSSR count). The molecule has 0 radical (unpaired) electrons. The number of nitrogens with zero attached hydrogens (tertiary/aromatic N) is 2. The molecule has 0 saturated carbocycles. The van der Waals surface area contributed by atoms with Gasteiger partial charge in [0.25, 0.3) is 5.91 Å². The Bertz CT molecular complexity index is 1560. The highest BCUT2D eigenvalue weighted by atomic mass is 32.1. The monoisotopic (exact) mass is 483 g/mol. The highest BCUT2D eigenvalue weighted by Crippen LogP contribution is 2.28. The van der Waals surface area contributed by atoms with Crippen molar-refractivity contribution in [3.63, 3.8) is 0 Å². The number of ketones is 1. The number of fused-ring (bicyclic) bond motifs is 1. The van der Waals surface area contributed by atoms with Gasteiger partial charge in [-0.3, -0.25) is 14.7 Å². The predicted molar refractivity (Wildman–Crippen MR) is 137 cm³/mol. The summed E-state index contributed by atoms with van der Waals surface area (Å²) in [4.78, 5) is 32.4. The summed E-state index contributed by atoms with van der Waals surface area (Å²) in [5, 5.41) is 20.8. The number of hydrogen-bond donors (Lipinski definition) is 4. The van der Waals surface area contributed by atoms with Gasteiger partial charge in [0.2, 0.25) is 0 Å². The van der Waals surface area contributed by atoms with Crippen LogP contribution in [0.15, 0.2) is 71.9 Å². The lowest BCUT2D eigenvalue weighted by Gasteiger charge is -2.07. The van der Waals surface area contributed by atoms with Crippen LogP contribution in [-0.4, -0.2) is 38.2 Å². The van der Waals surface area contributed by atoms with Crippen molar-refractivity contribution in [3.05, 3.63) is 93.3 Å². The number of aromatic amines is 2. The normalized spacial score (nSPS) is 11.3. The molecule has 174 valence electrons. The number of nitrogens with one attached hydrogen (secondary N) is 3. The van der Waals surface area contributed by atoms with Crippen LogP contribution in [-0.2, 0) is 6.42 Å². The number of carbonyl (C=O) groups excluding carboxylic acids is 2. The van der Waals surface area contributed by atoms with Gasteiger partial charge < -0.3 is 15.4 Å². The van der Waals surface area contributed by atoms with Crippen molar-refractivity contribution in [3.8, 4) is 5.88 Å². The minimum Gasteiger partial charge on any atom is -0.494 e. The summed E-state index contributed by atoms with van der Waals surface area (Å²) in [5.74, 6) is 0.338. The van der Waals surface area contributed by atoms with Gasteiger partial charge in [0.1, 0.15) is 5.82 Å². The SMILES string of the molecule is CC(=O)c1ccc(C(=O)Nc2cccc(Cc3ccc4[nH]c(O)c(C=Nc5ccn[nH]5)c4c3)c2)s1. The molecule has 0 atom stereocenters. The van der Waals surface area contributed by atoms with E-state index in [2.05, 4.69) is 25.5 Å². The molecule has 0 spiro atoms. The fourth-order valence-corrected chi connectivity index (χ4v) is 4.57. The lowest BCUT2D eigenvalue weighted by molar-refractivity contribution is 0.101. The number of benzene rings is 2. The van der Waals surface area contributed by atoms with Gasteiger partial charge in [-0.05, 0) is 60.9 Å². The highest BCUT2D eigenvalue weighted by molar-refractivity contribution is 7.16. The van der Waals surface area contributed by atoms with E-state index >= 15 is 0 Å². The van der Waals surface area contributed by atoms with Crippen LogP contribution >= 0.6 is 11.3 Å². The zero-order valence-corrected chi connectivity index (χ0v) is 19.5. The second-order valence-electron chi connectivity index (χ2n) is 8.02. The van der Waals surface area contributed by atoms with Gasteiger partial charge in [-0.25, -0.2) is 4.99 Å². The largest absolute Gasteiger partial charge is 0.494 e. The number of thiophene rings is 1. The number of aromatic hydroxyl groups is 1. The smallest absolute Gasteiger partial charge is 0.265 e. The molecule has 0 saturated heterocycles. The minimum atomic E-state index is -0.245. The standard InChI is InChI=1S/C26H21N5O3S/c1-15(32)22-7-8-23(35-22)26(34)29-18-4-2-3-16(12-18)11-17-5-6-21-19(13-17)20(25(33)30-21)14-27-24-9-10-28-31-24/h2-10,12-14,30,33H,11H2,1H3,(H,28,31)(H,29,34). The summed E-state index contributed by atoms with van der Waals surface area (Å²) >= 11 is 1.18. The van der Waals surface area contributed by atoms with E-state index in [1.807, 2.05) is 42.5 Å². The van der Waals surface area contributed by atoms with Crippen molar-refractivity contribution in [2.45, 2.75) is 13.3 Å². The summed E-state index contributed by atoms with van der Waals surface area (Å²) in [7, 11) is 0. The number of Topliss-reactive ketones (excluding diaryl/α,β-unsaturated/α-hetero) is 1. The summed E-state index contributed by atoms with van der Waals surface area (Å²) in [6, 6.07) is 18.6. The van der Waals surface area contributed by atoms with E-state index in [0.29, 0.717) is 33.2 Å². The third-order valence-corrected chi connectivity index (χ3v) is 6.66. The topological polar surface area (TPSA) is 123 Å².